The van der Waals surface area contributed by atoms with E-state index in [0.29, 0.717) is 35.2 Å². The van der Waals surface area contributed by atoms with Crippen LogP contribution >= 0.6 is 23.7 Å². The van der Waals surface area contributed by atoms with Gasteiger partial charge in [0.25, 0.3) is 5.56 Å². The van der Waals surface area contributed by atoms with Crippen molar-refractivity contribution >= 4 is 51.1 Å². The van der Waals surface area contributed by atoms with E-state index < -0.39 is 5.69 Å². The molecule has 0 saturated carbocycles. The van der Waals surface area contributed by atoms with E-state index in [0.717, 1.165) is 29.6 Å². The zero-order valence-corrected chi connectivity index (χ0v) is 20.7. The van der Waals surface area contributed by atoms with E-state index in [-0.39, 0.29) is 30.6 Å². The highest BCUT2D eigenvalue weighted by atomic mass is 35.5. The molecule has 1 unspecified atom stereocenters. The molecule has 0 aliphatic carbocycles. The quantitative estimate of drug-likeness (QED) is 0.430. The van der Waals surface area contributed by atoms with Crippen molar-refractivity contribution in [2.75, 3.05) is 18.0 Å². The van der Waals surface area contributed by atoms with E-state index in [1.807, 2.05) is 28.8 Å². The molecular formula is C23H26ClN7O2S. The van der Waals surface area contributed by atoms with Gasteiger partial charge in [0.15, 0.2) is 11.2 Å². The molecule has 1 atom stereocenters. The predicted molar refractivity (Wildman–Crippen MR) is 138 cm³/mol. The van der Waals surface area contributed by atoms with Gasteiger partial charge in [-0.3, -0.25) is 18.5 Å². The molecule has 5 rings (SSSR count). The fourth-order valence-corrected chi connectivity index (χ4v) is 5.32. The third kappa shape index (κ3) is 4.11. The maximum absolute atomic E-state index is 13.6. The number of imidazole rings is 1. The minimum atomic E-state index is -0.417. The summed E-state index contributed by atoms with van der Waals surface area (Å²) in [6.45, 7) is 3.62. The van der Waals surface area contributed by atoms with Gasteiger partial charge < -0.3 is 10.6 Å². The van der Waals surface area contributed by atoms with Gasteiger partial charge in [-0.2, -0.15) is 4.98 Å². The lowest BCUT2D eigenvalue weighted by molar-refractivity contribution is 0.496. The highest BCUT2D eigenvalue weighted by molar-refractivity contribution is 7.18. The Labute approximate surface area is 206 Å². The molecule has 0 radical (unpaired) electrons. The molecule has 4 aromatic rings. The number of fused-ring (bicyclic) bond motifs is 2. The SMILES string of the molecule is CC#CCn1c(N2CCCC(N)C2)nc2c1c(=O)n(Cc1nc3ccccc3s1)c(=O)n2C.Cl. The number of thiazole rings is 1. The second kappa shape index (κ2) is 9.62. The number of hydrogen-bond donors (Lipinski definition) is 1. The fourth-order valence-electron chi connectivity index (χ4n) is 4.36. The van der Waals surface area contributed by atoms with Crippen molar-refractivity contribution in [1.29, 1.82) is 0 Å². The number of piperidine rings is 1. The summed E-state index contributed by atoms with van der Waals surface area (Å²) in [6.07, 6.45) is 1.91. The molecule has 0 amide bonds. The number of anilines is 1. The fraction of sp³-hybridized carbons (Fsp3) is 0.391. The van der Waals surface area contributed by atoms with E-state index in [1.165, 1.54) is 20.5 Å². The van der Waals surface area contributed by atoms with Crippen LogP contribution in [0.3, 0.4) is 0 Å². The average molecular weight is 500 g/mol. The Kier molecular flexibility index (Phi) is 6.79. The molecule has 11 heteroatoms. The second-order valence-electron chi connectivity index (χ2n) is 8.25. The van der Waals surface area contributed by atoms with Crippen molar-refractivity contribution in [3.8, 4) is 11.8 Å². The summed E-state index contributed by atoms with van der Waals surface area (Å²) < 4.78 is 5.52. The summed E-state index contributed by atoms with van der Waals surface area (Å²) in [5.41, 5.74) is 6.98. The molecule has 34 heavy (non-hydrogen) atoms. The summed E-state index contributed by atoms with van der Waals surface area (Å²) >= 11 is 1.48. The summed E-state index contributed by atoms with van der Waals surface area (Å²) in [5.74, 6) is 6.58. The van der Waals surface area contributed by atoms with Crippen molar-refractivity contribution in [2.45, 2.75) is 38.9 Å². The molecule has 0 bridgehead atoms. The highest BCUT2D eigenvalue weighted by Gasteiger charge is 2.26. The zero-order chi connectivity index (χ0) is 23.1. The Hall–Kier alpha value is -3.13. The maximum Gasteiger partial charge on any atom is 0.332 e. The molecule has 1 aromatic carbocycles. The molecule has 4 heterocycles. The van der Waals surface area contributed by atoms with Gasteiger partial charge in [-0.15, -0.1) is 29.7 Å². The van der Waals surface area contributed by atoms with E-state index in [1.54, 1.807) is 14.0 Å². The number of nitrogens with two attached hydrogens (primary N) is 1. The van der Waals surface area contributed by atoms with Gasteiger partial charge in [0.1, 0.15) is 5.01 Å². The number of rotatable bonds is 4. The lowest BCUT2D eigenvalue weighted by Gasteiger charge is -2.31. The standard InChI is InChI=1S/C23H25N7O2S.ClH/c1-3-4-12-29-19-20(26-22(29)28-11-7-8-15(24)13-28)27(2)23(32)30(21(19)31)14-18-25-16-9-5-6-10-17(16)33-18;/h5-6,9-10,15H,7-8,11-14,24H2,1-2H3;1H. The first-order valence-electron chi connectivity index (χ1n) is 10.9. The Morgan fingerprint density at radius 3 is 2.74 bits per heavy atom. The van der Waals surface area contributed by atoms with Gasteiger partial charge in [0.05, 0.1) is 23.3 Å². The third-order valence-electron chi connectivity index (χ3n) is 6.00. The summed E-state index contributed by atoms with van der Waals surface area (Å²) in [5, 5.41) is 0.705. The molecule has 2 N–H and O–H groups in total. The summed E-state index contributed by atoms with van der Waals surface area (Å²) in [7, 11) is 1.65. The van der Waals surface area contributed by atoms with E-state index in [2.05, 4.69) is 21.7 Å². The Bertz CT molecular complexity index is 1510. The van der Waals surface area contributed by atoms with E-state index >= 15 is 0 Å². The van der Waals surface area contributed by atoms with E-state index in [9.17, 15) is 9.59 Å². The maximum atomic E-state index is 13.6. The molecular weight excluding hydrogens is 474 g/mol. The topological polar surface area (TPSA) is 104 Å². The van der Waals surface area contributed by atoms with Gasteiger partial charge in [-0.25, -0.2) is 9.78 Å². The first-order valence-corrected chi connectivity index (χ1v) is 11.7. The number of aryl methyl sites for hydroxylation is 1. The second-order valence-corrected chi connectivity index (χ2v) is 9.37. The van der Waals surface area contributed by atoms with Crippen LogP contribution in [0.1, 0.15) is 24.8 Å². The minimum Gasteiger partial charge on any atom is -0.341 e. The van der Waals surface area contributed by atoms with Gasteiger partial charge in [0.2, 0.25) is 5.95 Å². The lowest BCUT2D eigenvalue weighted by Crippen LogP contribution is -2.44. The lowest BCUT2D eigenvalue weighted by atomic mass is 10.1. The smallest absolute Gasteiger partial charge is 0.332 e. The van der Waals surface area contributed by atoms with Crippen molar-refractivity contribution in [2.24, 2.45) is 12.8 Å². The van der Waals surface area contributed by atoms with Gasteiger partial charge >= 0.3 is 5.69 Å². The number of nitrogens with zero attached hydrogens (tertiary/aromatic N) is 6. The molecule has 3 aromatic heterocycles. The Morgan fingerprint density at radius 2 is 2.00 bits per heavy atom. The first kappa shape index (κ1) is 24.0. The van der Waals surface area contributed by atoms with Crippen LogP contribution in [0.2, 0.25) is 0 Å². The van der Waals surface area contributed by atoms with Crippen molar-refractivity contribution in [1.82, 2.24) is 23.7 Å². The summed E-state index contributed by atoms with van der Waals surface area (Å²) in [4.78, 5) is 38.2. The molecule has 1 aliphatic rings. The Morgan fingerprint density at radius 1 is 1.21 bits per heavy atom. The number of aromatic nitrogens is 5. The van der Waals surface area contributed by atoms with Crippen LogP contribution in [0.5, 0.6) is 0 Å². The van der Waals surface area contributed by atoms with Crippen LogP contribution in [0.25, 0.3) is 21.4 Å². The van der Waals surface area contributed by atoms with Crippen molar-refractivity contribution in [3.05, 3.63) is 50.1 Å². The molecule has 178 valence electrons. The molecule has 0 spiro atoms. The third-order valence-corrected chi connectivity index (χ3v) is 7.02. The average Bonchev–Trinajstić information content (AvgIpc) is 3.40. The largest absolute Gasteiger partial charge is 0.341 e. The molecule has 9 nitrogen and oxygen atoms in total. The minimum absolute atomic E-state index is 0. The van der Waals surface area contributed by atoms with Gasteiger partial charge in [0, 0.05) is 26.2 Å². The normalized spacial score (nSPS) is 15.9. The van der Waals surface area contributed by atoms with Crippen molar-refractivity contribution in [3.63, 3.8) is 0 Å². The highest BCUT2D eigenvalue weighted by Crippen LogP contribution is 2.24. The molecule has 1 saturated heterocycles. The monoisotopic (exact) mass is 499 g/mol. The van der Waals surface area contributed by atoms with Gasteiger partial charge in [-0.1, -0.05) is 18.1 Å². The van der Waals surface area contributed by atoms with Crippen LogP contribution in [-0.4, -0.2) is 42.8 Å². The molecule has 1 fully saturated rings. The van der Waals surface area contributed by atoms with Crippen LogP contribution in [0.15, 0.2) is 33.9 Å². The number of benzene rings is 1. The van der Waals surface area contributed by atoms with Crippen LogP contribution < -0.4 is 21.9 Å². The van der Waals surface area contributed by atoms with E-state index in [4.69, 9.17) is 10.7 Å². The van der Waals surface area contributed by atoms with Crippen molar-refractivity contribution < 1.29 is 0 Å². The Balaban J connectivity index is 0.00000274. The number of halogens is 1. The zero-order valence-electron chi connectivity index (χ0n) is 19.0. The first-order chi connectivity index (χ1) is 16.0. The predicted octanol–water partition coefficient (Wildman–Crippen LogP) is 1.93. The van der Waals surface area contributed by atoms with Crippen LogP contribution in [0, 0.1) is 11.8 Å². The number of para-hydroxylation sites is 1. The number of hydrogen-bond acceptors (Lipinski definition) is 7. The molecule has 1 aliphatic heterocycles. The van der Waals surface area contributed by atoms with Crippen LogP contribution in [0.4, 0.5) is 5.95 Å². The van der Waals surface area contributed by atoms with Gasteiger partial charge in [-0.05, 0) is 31.9 Å². The summed E-state index contributed by atoms with van der Waals surface area (Å²) in [6, 6.07) is 7.82. The van der Waals surface area contributed by atoms with Crippen LogP contribution in [-0.2, 0) is 20.1 Å².